The molecule has 0 heterocycles. The summed E-state index contributed by atoms with van der Waals surface area (Å²) < 4.78 is 54.0. The van der Waals surface area contributed by atoms with Gasteiger partial charge in [0.15, 0.2) is 17.4 Å². The molecule has 0 saturated heterocycles. The van der Waals surface area contributed by atoms with Crippen LogP contribution in [0.15, 0.2) is 17.0 Å². The molecule has 2 N–H and O–H groups in total. The monoisotopic (exact) mass is 294 g/mol. The summed E-state index contributed by atoms with van der Waals surface area (Å²) in [7, 11) is -0.417. The van der Waals surface area contributed by atoms with Gasteiger partial charge < -0.3 is 9.64 Å². The fourth-order valence-corrected chi connectivity index (χ4v) is 1.93. The quantitative estimate of drug-likeness (QED) is 0.793. The number of rotatable bonds is 6. The first kappa shape index (κ1) is 15.8. The molecule has 0 aliphatic rings. The number of nitrogens with two attached hydrogens (primary N) is 1. The van der Waals surface area contributed by atoms with E-state index in [1.54, 1.807) is 0 Å². The number of nitrogens with zero attached hydrogens (tertiary/aromatic N) is 1. The van der Waals surface area contributed by atoms with Gasteiger partial charge in [-0.2, -0.15) is 0 Å². The van der Waals surface area contributed by atoms with E-state index in [1.807, 2.05) is 19.0 Å². The average molecular weight is 294 g/mol. The Balaban J connectivity index is 2.81. The largest absolute Gasteiger partial charge is 0.488 e. The second kappa shape index (κ2) is 6.27. The molecule has 8 heteroatoms. The van der Waals surface area contributed by atoms with Crippen LogP contribution >= 0.6 is 0 Å². The lowest BCUT2D eigenvalue weighted by atomic mass is 10.3. The van der Waals surface area contributed by atoms with Gasteiger partial charge in [-0.3, -0.25) is 0 Å². The Hall–Kier alpha value is -1.25. The van der Waals surface area contributed by atoms with Crippen molar-refractivity contribution in [3.8, 4) is 5.75 Å². The van der Waals surface area contributed by atoms with Crippen LogP contribution in [-0.4, -0.2) is 40.6 Å². The van der Waals surface area contributed by atoms with Crippen molar-refractivity contribution < 1.29 is 21.9 Å². The van der Waals surface area contributed by atoms with Crippen molar-refractivity contribution in [1.82, 2.24) is 4.90 Å². The highest BCUT2D eigenvalue weighted by atomic mass is 32.2. The van der Waals surface area contributed by atoms with Crippen molar-refractivity contribution in [1.29, 1.82) is 0 Å². The molecule has 0 aromatic heterocycles. The van der Waals surface area contributed by atoms with Crippen molar-refractivity contribution >= 4 is 10.0 Å². The van der Waals surface area contributed by atoms with E-state index in [1.165, 1.54) is 0 Å². The Kier molecular flexibility index (Phi) is 5.21. The Morgan fingerprint density at radius 2 is 1.79 bits per heavy atom. The lowest BCUT2D eigenvalue weighted by Gasteiger charge is -2.12. The number of hydrogen-bond acceptors (Lipinski definition) is 4. The molecule has 0 atom stereocenters. The first-order chi connectivity index (χ1) is 8.71. The zero-order valence-electron chi connectivity index (χ0n) is 10.7. The maximum atomic E-state index is 13.5. The van der Waals surface area contributed by atoms with Crippen LogP contribution in [0.25, 0.3) is 0 Å². The first-order valence-electron chi connectivity index (χ1n) is 5.51. The van der Waals surface area contributed by atoms with E-state index in [9.17, 15) is 17.2 Å². The van der Waals surface area contributed by atoms with E-state index < -0.39 is 32.3 Å². The Morgan fingerprint density at radius 3 is 2.21 bits per heavy atom. The Labute approximate surface area is 111 Å². The van der Waals surface area contributed by atoms with Crippen molar-refractivity contribution in [2.45, 2.75) is 11.3 Å². The molecule has 0 fully saturated rings. The lowest BCUT2D eigenvalue weighted by molar-refractivity contribution is 0.259. The number of sulfonamides is 1. The highest BCUT2D eigenvalue weighted by Crippen LogP contribution is 2.25. The molecule has 0 saturated carbocycles. The molecule has 0 spiro atoms. The molecule has 0 unspecified atom stereocenters. The average Bonchev–Trinajstić information content (AvgIpc) is 2.25. The van der Waals surface area contributed by atoms with Crippen LogP contribution in [0.2, 0.25) is 0 Å². The molecule has 0 aliphatic heterocycles. The molecule has 1 aromatic carbocycles. The predicted molar refractivity (Wildman–Crippen MR) is 66.4 cm³/mol. The Morgan fingerprint density at radius 1 is 1.26 bits per heavy atom. The minimum absolute atomic E-state index is 0.126. The number of primary sulfonamides is 1. The third kappa shape index (κ3) is 4.73. The van der Waals surface area contributed by atoms with Crippen molar-refractivity contribution in [3.63, 3.8) is 0 Å². The van der Waals surface area contributed by atoms with Crippen LogP contribution in [0.4, 0.5) is 8.78 Å². The maximum absolute atomic E-state index is 13.5. The van der Waals surface area contributed by atoms with E-state index in [0.29, 0.717) is 25.1 Å². The van der Waals surface area contributed by atoms with E-state index in [-0.39, 0.29) is 6.61 Å². The van der Waals surface area contributed by atoms with Gasteiger partial charge in [-0.25, -0.2) is 22.3 Å². The molecule has 0 bridgehead atoms. The van der Waals surface area contributed by atoms with Gasteiger partial charge in [0.2, 0.25) is 10.0 Å². The molecule has 19 heavy (non-hydrogen) atoms. The van der Waals surface area contributed by atoms with Gasteiger partial charge in [-0.05, 0) is 32.6 Å². The molecular formula is C11H16F2N2O3S. The number of benzene rings is 1. The minimum atomic E-state index is -4.14. The van der Waals surface area contributed by atoms with Crippen LogP contribution in [0.3, 0.4) is 0 Å². The van der Waals surface area contributed by atoms with E-state index in [4.69, 9.17) is 9.88 Å². The second-order valence-electron chi connectivity index (χ2n) is 4.27. The van der Waals surface area contributed by atoms with Crippen molar-refractivity contribution in [2.75, 3.05) is 27.2 Å². The zero-order valence-corrected chi connectivity index (χ0v) is 11.5. The first-order valence-corrected chi connectivity index (χ1v) is 7.06. The number of halogens is 2. The maximum Gasteiger partial charge on any atom is 0.238 e. The van der Waals surface area contributed by atoms with Gasteiger partial charge in [-0.1, -0.05) is 0 Å². The van der Waals surface area contributed by atoms with E-state index in [0.717, 1.165) is 0 Å². The van der Waals surface area contributed by atoms with Gasteiger partial charge >= 0.3 is 0 Å². The SMILES string of the molecule is CN(C)CCCOc1c(F)cc(S(N)(=O)=O)cc1F. The van der Waals surface area contributed by atoms with Crippen molar-refractivity contribution in [3.05, 3.63) is 23.8 Å². The fraction of sp³-hybridized carbons (Fsp3) is 0.455. The molecule has 5 nitrogen and oxygen atoms in total. The van der Waals surface area contributed by atoms with Crippen LogP contribution < -0.4 is 9.88 Å². The minimum Gasteiger partial charge on any atom is -0.488 e. The molecule has 1 aromatic rings. The van der Waals surface area contributed by atoms with Crippen LogP contribution in [0, 0.1) is 11.6 Å². The smallest absolute Gasteiger partial charge is 0.238 e. The summed E-state index contributed by atoms with van der Waals surface area (Å²) in [5, 5.41) is 4.79. The van der Waals surface area contributed by atoms with Gasteiger partial charge in [0.05, 0.1) is 11.5 Å². The lowest BCUT2D eigenvalue weighted by Crippen LogP contribution is -2.16. The molecule has 0 aliphatic carbocycles. The van der Waals surface area contributed by atoms with Crippen LogP contribution in [-0.2, 0) is 10.0 Å². The van der Waals surface area contributed by atoms with Gasteiger partial charge in [0.1, 0.15) is 0 Å². The molecule has 1 rings (SSSR count). The van der Waals surface area contributed by atoms with Gasteiger partial charge in [0, 0.05) is 6.54 Å². The summed E-state index contributed by atoms with van der Waals surface area (Å²) in [5.74, 6) is -2.77. The number of ether oxygens (including phenoxy) is 1. The topological polar surface area (TPSA) is 72.6 Å². The highest BCUT2D eigenvalue weighted by Gasteiger charge is 2.17. The second-order valence-corrected chi connectivity index (χ2v) is 5.83. The summed E-state index contributed by atoms with van der Waals surface area (Å²) >= 11 is 0. The molecule has 0 amide bonds. The van der Waals surface area contributed by atoms with Crippen LogP contribution in [0.1, 0.15) is 6.42 Å². The fourth-order valence-electron chi connectivity index (χ4n) is 1.39. The van der Waals surface area contributed by atoms with Crippen LogP contribution in [0.5, 0.6) is 5.75 Å². The summed E-state index contributed by atoms with van der Waals surface area (Å²) in [6, 6.07) is 1.28. The molecule has 0 radical (unpaired) electrons. The summed E-state index contributed by atoms with van der Waals surface area (Å²) in [6.07, 6.45) is 0.586. The summed E-state index contributed by atoms with van der Waals surface area (Å²) in [5.41, 5.74) is 0. The standard InChI is InChI=1S/C11H16F2N2O3S/c1-15(2)4-3-5-18-11-9(12)6-8(7-10(11)13)19(14,16)17/h6-7H,3-5H2,1-2H3,(H2,14,16,17). The van der Waals surface area contributed by atoms with Crippen molar-refractivity contribution in [2.24, 2.45) is 5.14 Å². The third-order valence-corrected chi connectivity index (χ3v) is 3.19. The van der Waals surface area contributed by atoms with Gasteiger partial charge in [0.25, 0.3) is 0 Å². The summed E-state index contributed by atoms with van der Waals surface area (Å²) in [4.78, 5) is 1.28. The molecule has 108 valence electrons. The van der Waals surface area contributed by atoms with Gasteiger partial charge in [-0.15, -0.1) is 0 Å². The molecular weight excluding hydrogens is 278 g/mol. The zero-order chi connectivity index (χ0) is 14.6. The normalized spacial score (nSPS) is 11.9. The van der Waals surface area contributed by atoms with E-state index >= 15 is 0 Å². The number of hydrogen-bond donors (Lipinski definition) is 1. The summed E-state index contributed by atoms with van der Waals surface area (Å²) in [6.45, 7) is 0.833. The third-order valence-electron chi connectivity index (χ3n) is 2.30. The highest BCUT2D eigenvalue weighted by molar-refractivity contribution is 7.89. The Bertz CT molecular complexity index is 524. The van der Waals surface area contributed by atoms with E-state index in [2.05, 4.69) is 0 Å². The predicted octanol–water partition coefficient (Wildman–Crippen LogP) is 0.943.